The minimum Gasteiger partial charge on any atom is -0.452 e. The van der Waals surface area contributed by atoms with Gasteiger partial charge >= 0.3 is 12.1 Å². The molecular weight excluding hydrogens is 349 g/mol. The van der Waals surface area contributed by atoms with Crippen molar-refractivity contribution in [2.24, 2.45) is 0 Å². The second kappa shape index (κ2) is 8.16. The Balaban J connectivity index is 2.06. The number of carbonyl (C=O) groups is 2. The highest BCUT2D eigenvalue weighted by molar-refractivity contribution is 5.97. The standard InChI is InChI=1S/C18H13F3N2O3/c19-18(20,21)14-6-4-5-13(11-14)17(25)26-12-16(24)23(10-9-22)15-7-2-1-3-8-15/h1-8,11H,10,12H2. The highest BCUT2D eigenvalue weighted by Crippen LogP contribution is 2.29. The molecule has 0 atom stereocenters. The maximum Gasteiger partial charge on any atom is 0.416 e. The summed E-state index contributed by atoms with van der Waals surface area (Å²) in [7, 11) is 0. The van der Waals surface area contributed by atoms with Gasteiger partial charge < -0.3 is 4.74 Å². The molecule has 0 fully saturated rings. The number of halogens is 3. The zero-order valence-electron chi connectivity index (χ0n) is 13.4. The first-order valence-electron chi connectivity index (χ1n) is 7.39. The van der Waals surface area contributed by atoms with Gasteiger partial charge in [-0.1, -0.05) is 24.3 Å². The molecule has 0 aliphatic rings. The number of ether oxygens (including phenoxy) is 1. The topological polar surface area (TPSA) is 70.4 Å². The van der Waals surface area contributed by atoms with Crippen LogP contribution in [0.25, 0.3) is 0 Å². The Morgan fingerprint density at radius 1 is 1.08 bits per heavy atom. The Morgan fingerprint density at radius 2 is 1.77 bits per heavy atom. The summed E-state index contributed by atoms with van der Waals surface area (Å²) < 4.78 is 42.8. The summed E-state index contributed by atoms with van der Waals surface area (Å²) in [5.41, 5.74) is -0.873. The van der Waals surface area contributed by atoms with E-state index in [9.17, 15) is 22.8 Å². The van der Waals surface area contributed by atoms with Gasteiger partial charge in [-0.3, -0.25) is 9.69 Å². The Kier molecular flexibility index (Phi) is 5.96. The third-order valence-electron chi connectivity index (χ3n) is 3.35. The van der Waals surface area contributed by atoms with Crippen LogP contribution in [0.3, 0.4) is 0 Å². The van der Waals surface area contributed by atoms with E-state index in [-0.39, 0.29) is 12.1 Å². The second-order valence-corrected chi connectivity index (χ2v) is 5.13. The number of hydrogen-bond acceptors (Lipinski definition) is 4. The lowest BCUT2D eigenvalue weighted by Gasteiger charge is -2.19. The molecule has 8 heteroatoms. The SMILES string of the molecule is N#CCN(C(=O)COC(=O)c1cccc(C(F)(F)F)c1)c1ccccc1. The quantitative estimate of drug-likeness (QED) is 0.604. The van der Waals surface area contributed by atoms with E-state index in [1.165, 1.54) is 0 Å². The number of rotatable bonds is 5. The van der Waals surface area contributed by atoms with Gasteiger partial charge in [0, 0.05) is 5.69 Å². The van der Waals surface area contributed by atoms with Crippen LogP contribution >= 0.6 is 0 Å². The Morgan fingerprint density at radius 3 is 2.38 bits per heavy atom. The van der Waals surface area contributed by atoms with Crippen molar-refractivity contribution in [2.45, 2.75) is 6.18 Å². The monoisotopic (exact) mass is 362 g/mol. The number of alkyl halides is 3. The molecule has 26 heavy (non-hydrogen) atoms. The van der Waals surface area contributed by atoms with Crippen molar-refractivity contribution < 1.29 is 27.5 Å². The molecule has 0 saturated carbocycles. The van der Waals surface area contributed by atoms with Crippen LogP contribution in [0.15, 0.2) is 54.6 Å². The van der Waals surface area contributed by atoms with Gasteiger partial charge in [-0.25, -0.2) is 4.79 Å². The van der Waals surface area contributed by atoms with Crippen molar-refractivity contribution in [1.82, 2.24) is 0 Å². The van der Waals surface area contributed by atoms with Crippen molar-refractivity contribution >= 4 is 17.6 Å². The van der Waals surface area contributed by atoms with Gasteiger partial charge in [0.15, 0.2) is 6.61 Å². The van der Waals surface area contributed by atoms with Crippen LogP contribution in [0.4, 0.5) is 18.9 Å². The molecule has 0 N–H and O–H groups in total. The van der Waals surface area contributed by atoms with E-state index in [0.717, 1.165) is 23.1 Å². The number of anilines is 1. The molecule has 2 aromatic carbocycles. The van der Waals surface area contributed by atoms with E-state index >= 15 is 0 Å². The van der Waals surface area contributed by atoms with Crippen LogP contribution in [0.1, 0.15) is 15.9 Å². The summed E-state index contributed by atoms with van der Waals surface area (Å²) in [4.78, 5) is 25.2. The Labute approximate surface area is 147 Å². The highest BCUT2D eigenvalue weighted by atomic mass is 19.4. The number of carbonyl (C=O) groups excluding carboxylic acids is 2. The van der Waals surface area contributed by atoms with E-state index in [2.05, 4.69) is 0 Å². The van der Waals surface area contributed by atoms with E-state index in [0.29, 0.717) is 11.8 Å². The first-order chi connectivity index (χ1) is 12.3. The fourth-order valence-electron chi connectivity index (χ4n) is 2.11. The fourth-order valence-corrected chi connectivity index (χ4v) is 2.11. The molecule has 0 aromatic heterocycles. The molecule has 0 heterocycles. The Hall–Kier alpha value is -3.34. The zero-order valence-corrected chi connectivity index (χ0v) is 13.4. The van der Waals surface area contributed by atoms with Crippen LogP contribution in [0.5, 0.6) is 0 Å². The predicted molar refractivity (Wildman–Crippen MR) is 86.1 cm³/mol. The molecule has 0 unspecified atom stereocenters. The molecule has 0 aliphatic heterocycles. The smallest absolute Gasteiger partial charge is 0.416 e. The Bertz CT molecular complexity index is 830. The first-order valence-corrected chi connectivity index (χ1v) is 7.39. The van der Waals surface area contributed by atoms with Crippen LogP contribution < -0.4 is 4.90 Å². The minimum atomic E-state index is -4.59. The molecule has 134 valence electrons. The summed E-state index contributed by atoms with van der Waals surface area (Å²) in [5.74, 6) is -1.73. The first kappa shape index (κ1) is 19.0. The average molecular weight is 362 g/mol. The maximum atomic E-state index is 12.7. The van der Waals surface area contributed by atoms with Gasteiger partial charge in [0.2, 0.25) is 0 Å². The van der Waals surface area contributed by atoms with Gasteiger partial charge in [0.25, 0.3) is 5.91 Å². The van der Waals surface area contributed by atoms with E-state index in [1.807, 2.05) is 6.07 Å². The normalized spacial score (nSPS) is 10.7. The molecule has 0 spiro atoms. The lowest BCUT2D eigenvalue weighted by molar-refractivity contribution is -0.137. The minimum absolute atomic E-state index is 0.260. The number of benzene rings is 2. The number of para-hydroxylation sites is 1. The fraction of sp³-hybridized carbons (Fsp3) is 0.167. The van der Waals surface area contributed by atoms with Crippen LogP contribution in [-0.2, 0) is 15.7 Å². The number of amides is 1. The summed E-state index contributed by atoms with van der Waals surface area (Å²) in [6.07, 6.45) is -4.59. The molecule has 5 nitrogen and oxygen atoms in total. The van der Waals surface area contributed by atoms with Crippen LogP contribution in [0.2, 0.25) is 0 Å². The molecule has 1 amide bonds. The number of nitriles is 1. The molecule has 2 aromatic rings. The van der Waals surface area contributed by atoms with Crippen molar-refractivity contribution in [1.29, 1.82) is 5.26 Å². The van der Waals surface area contributed by atoms with E-state index < -0.39 is 30.2 Å². The average Bonchev–Trinajstić information content (AvgIpc) is 2.64. The van der Waals surface area contributed by atoms with Gasteiger partial charge in [-0.05, 0) is 30.3 Å². The van der Waals surface area contributed by atoms with Crippen molar-refractivity contribution in [3.05, 3.63) is 65.7 Å². The van der Waals surface area contributed by atoms with E-state index in [1.54, 1.807) is 30.3 Å². The van der Waals surface area contributed by atoms with Crippen molar-refractivity contribution in [3.63, 3.8) is 0 Å². The van der Waals surface area contributed by atoms with Crippen LogP contribution in [0, 0.1) is 11.3 Å². The van der Waals surface area contributed by atoms with Gasteiger partial charge in [-0.2, -0.15) is 18.4 Å². The van der Waals surface area contributed by atoms with Crippen LogP contribution in [-0.4, -0.2) is 25.0 Å². The lowest BCUT2D eigenvalue weighted by atomic mass is 10.1. The molecular formula is C18H13F3N2O3. The largest absolute Gasteiger partial charge is 0.452 e. The number of esters is 1. The molecule has 2 rings (SSSR count). The zero-order chi connectivity index (χ0) is 19.2. The summed E-state index contributed by atoms with van der Waals surface area (Å²) in [6, 6.07) is 13.8. The summed E-state index contributed by atoms with van der Waals surface area (Å²) in [5, 5.41) is 8.85. The van der Waals surface area contributed by atoms with Crippen molar-refractivity contribution in [3.8, 4) is 6.07 Å². The molecule has 0 saturated heterocycles. The second-order valence-electron chi connectivity index (χ2n) is 5.13. The van der Waals surface area contributed by atoms with Crippen molar-refractivity contribution in [2.75, 3.05) is 18.1 Å². The number of hydrogen-bond donors (Lipinski definition) is 0. The van der Waals surface area contributed by atoms with Gasteiger partial charge in [-0.15, -0.1) is 0 Å². The number of nitrogens with zero attached hydrogens (tertiary/aromatic N) is 2. The summed E-state index contributed by atoms with van der Waals surface area (Å²) in [6.45, 7) is -0.963. The van der Waals surface area contributed by atoms with Gasteiger partial charge in [0.05, 0.1) is 17.2 Å². The molecule has 0 radical (unpaired) electrons. The highest BCUT2D eigenvalue weighted by Gasteiger charge is 2.31. The third kappa shape index (κ3) is 4.83. The third-order valence-corrected chi connectivity index (χ3v) is 3.35. The lowest BCUT2D eigenvalue weighted by Crippen LogP contribution is -2.35. The molecule has 0 aliphatic carbocycles. The predicted octanol–water partition coefficient (Wildman–Crippen LogP) is 3.42. The van der Waals surface area contributed by atoms with Gasteiger partial charge in [0.1, 0.15) is 6.54 Å². The molecule has 0 bridgehead atoms. The summed E-state index contributed by atoms with van der Waals surface area (Å²) >= 11 is 0. The van der Waals surface area contributed by atoms with E-state index in [4.69, 9.17) is 10.00 Å². The maximum absolute atomic E-state index is 12.7.